The molecule has 0 aliphatic rings. The van der Waals surface area contributed by atoms with Gasteiger partial charge in [-0.1, -0.05) is 115 Å². The van der Waals surface area contributed by atoms with Crippen LogP contribution in [-0.2, 0) is 0 Å². The summed E-state index contributed by atoms with van der Waals surface area (Å²) in [7, 11) is -0.404. The van der Waals surface area contributed by atoms with E-state index in [1.54, 1.807) is 7.05 Å². The fraction of sp³-hybridized carbons (Fsp3) is 0.0811. The predicted molar refractivity (Wildman–Crippen MR) is 204 cm³/mol. The maximum absolute atomic E-state index is 5.89. The number of nitrogens with one attached hydrogen (secondary N) is 4. The van der Waals surface area contributed by atoms with Crippen LogP contribution in [0.15, 0.2) is 156 Å². The first-order valence-corrected chi connectivity index (χ1v) is 17.6. The van der Waals surface area contributed by atoms with Crippen molar-refractivity contribution < 1.29 is 0 Å². The SMILES string of the molecule is CNC(=S)N/N=C(/C(=N/NC(=S)NC[P+](c1ccccc1)(c1ccccc1)c1ccccc1)c1ccccc1)c1ccc(C)cc1. The molecule has 0 aromatic heterocycles. The Morgan fingerprint density at radius 2 is 0.935 bits per heavy atom. The average molecular weight is 660 g/mol. The third-order valence-electron chi connectivity index (χ3n) is 7.43. The lowest BCUT2D eigenvalue weighted by molar-refractivity contribution is 0.958. The minimum absolute atomic E-state index is 0.394. The molecule has 0 aliphatic heterocycles. The quantitative estimate of drug-likeness (QED) is 0.0677. The van der Waals surface area contributed by atoms with Gasteiger partial charge in [-0.05, 0) is 67.8 Å². The monoisotopic (exact) mass is 659 g/mol. The Balaban J connectivity index is 1.51. The Bertz CT molecular complexity index is 1700. The molecule has 4 N–H and O–H groups in total. The summed E-state index contributed by atoms with van der Waals surface area (Å²) in [6, 6.07) is 50.1. The normalized spacial score (nSPS) is 11.8. The minimum atomic E-state index is -2.15. The van der Waals surface area contributed by atoms with Gasteiger partial charge in [-0.25, -0.2) is 0 Å². The van der Waals surface area contributed by atoms with Crippen molar-refractivity contribution in [3.63, 3.8) is 0 Å². The standard InChI is InChI=1S/C37H35N6PS2/c1-28-23-25-30(26-24-28)35(40-42-36(45)38-2)34(29-15-7-3-8-16-29)41-43-37(46)39-27-44(31-17-9-4-10-18-31,32-19-11-5-12-20-32)33-21-13-6-14-22-33/h3-26H,27H2,1-2H3,(H3-,38,39,40,41,42,43,45,46)/p+1. The van der Waals surface area contributed by atoms with Gasteiger partial charge < -0.3 is 10.6 Å². The summed E-state index contributed by atoms with van der Waals surface area (Å²) in [5.41, 5.74) is 10.2. The molecular formula is C37H36N6PS2+. The molecule has 46 heavy (non-hydrogen) atoms. The highest BCUT2D eigenvalue weighted by molar-refractivity contribution is 7.95. The van der Waals surface area contributed by atoms with E-state index in [1.165, 1.54) is 15.9 Å². The first-order chi connectivity index (χ1) is 22.5. The second kappa shape index (κ2) is 16.0. The first kappa shape index (κ1) is 32.6. The smallest absolute Gasteiger partial charge is 0.189 e. The molecule has 0 aliphatic carbocycles. The molecule has 5 aromatic carbocycles. The van der Waals surface area contributed by atoms with Gasteiger partial charge in [-0.2, -0.15) is 10.2 Å². The van der Waals surface area contributed by atoms with E-state index in [2.05, 4.69) is 125 Å². The Kier molecular flexibility index (Phi) is 11.4. The van der Waals surface area contributed by atoms with Crippen LogP contribution in [0, 0.1) is 6.92 Å². The summed E-state index contributed by atoms with van der Waals surface area (Å²) in [6.07, 6.45) is 0.601. The van der Waals surface area contributed by atoms with Crippen LogP contribution in [0.3, 0.4) is 0 Å². The zero-order chi connectivity index (χ0) is 32.2. The lowest BCUT2D eigenvalue weighted by Crippen LogP contribution is -2.42. The van der Waals surface area contributed by atoms with Crippen LogP contribution >= 0.6 is 31.7 Å². The van der Waals surface area contributed by atoms with Crippen molar-refractivity contribution in [3.8, 4) is 0 Å². The Labute approximate surface area is 282 Å². The van der Waals surface area contributed by atoms with Crippen molar-refractivity contribution in [1.82, 2.24) is 21.5 Å². The van der Waals surface area contributed by atoms with Crippen LogP contribution in [-0.4, -0.2) is 35.0 Å². The highest BCUT2D eigenvalue weighted by atomic mass is 32.1. The second-order valence-electron chi connectivity index (χ2n) is 10.4. The van der Waals surface area contributed by atoms with E-state index in [9.17, 15) is 0 Å². The van der Waals surface area contributed by atoms with Crippen molar-refractivity contribution in [2.45, 2.75) is 6.92 Å². The molecule has 0 atom stereocenters. The van der Waals surface area contributed by atoms with E-state index in [-0.39, 0.29) is 0 Å². The number of thiocarbonyl (C=S) groups is 2. The Hall–Kier alpha value is -4.75. The number of benzene rings is 5. The molecule has 0 saturated heterocycles. The molecule has 0 unspecified atom stereocenters. The molecule has 0 bridgehead atoms. The number of hydrogen-bond donors (Lipinski definition) is 4. The van der Waals surface area contributed by atoms with Gasteiger partial charge >= 0.3 is 0 Å². The van der Waals surface area contributed by atoms with Crippen LogP contribution in [0.2, 0.25) is 0 Å². The van der Waals surface area contributed by atoms with Crippen molar-refractivity contribution in [2.24, 2.45) is 10.2 Å². The van der Waals surface area contributed by atoms with Crippen LogP contribution in [0.4, 0.5) is 0 Å². The Morgan fingerprint density at radius 3 is 1.37 bits per heavy atom. The van der Waals surface area contributed by atoms with E-state index in [0.29, 0.717) is 27.9 Å². The summed E-state index contributed by atoms with van der Waals surface area (Å²) in [4.78, 5) is 0. The molecule has 0 spiro atoms. The lowest BCUT2D eigenvalue weighted by Gasteiger charge is -2.28. The number of aryl methyl sites for hydroxylation is 1. The fourth-order valence-electron chi connectivity index (χ4n) is 5.08. The summed E-state index contributed by atoms with van der Waals surface area (Å²) in [6.45, 7) is 2.05. The van der Waals surface area contributed by atoms with Gasteiger partial charge in [-0.3, -0.25) is 10.9 Å². The van der Waals surface area contributed by atoms with E-state index in [0.717, 1.165) is 16.7 Å². The molecular weight excluding hydrogens is 624 g/mol. The molecule has 0 saturated carbocycles. The minimum Gasteiger partial charge on any atom is -0.364 e. The van der Waals surface area contributed by atoms with Crippen molar-refractivity contribution in [1.29, 1.82) is 0 Å². The largest absolute Gasteiger partial charge is 0.364 e. The van der Waals surface area contributed by atoms with E-state index in [4.69, 9.17) is 29.5 Å². The number of nitrogens with zero attached hydrogens (tertiary/aromatic N) is 2. The highest BCUT2D eigenvalue weighted by Crippen LogP contribution is 2.54. The van der Waals surface area contributed by atoms with Crippen molar-refractivity contribution in [3.05, 3.63) is 162 Å². The number of rotatable bonds is 10. The van der Waals surface area contributed by atoms with Gasteiger partial charge in [0, 0.05) is 18.2 Å². The maximum atomic E-state index is 5.89. The first-order valence-electron chi connectivity index (χ1n) is 14.9. The third-order valence-corrected chi connectivity index (χ3v) is 12.1. The zero-order valence-corrected chi connectivity index (χ0v) is 28.2. The van der Waals surface area contributed by atoms with Crippen molar-refractivity contribution >= 4 is 69.3 Å². The van der Waals surface area contributed by atoms with E-state index < -0.39 is 7.26 Å². The number of hydrogen-bond acceptors (Lipinski definition) is 4. The van der Waals surface area contributed by atoms with Crippen LogP contribution in [0.25, 0.3) is 0 Å². The van der Waals surface area contributed by atoms with Gasteiger partial charge in [0.25, 0.3) is 0 Å². The molecule has 5 aromatic rings. The fourth-order valence-corrected chi connectivity index (χ4v) is 9.23. The Morgan fingerprint density at radius 1 is 0.543 bits per heavy atom. The molecule has 230 valence electrons. The van der Waals surface area contributed by atoms with Gasteiger partial charge in [0.05, 0.1) is 0 Å². The summed E-state index contributed by atoms with van der Waals surface area (Å²) in [5.74, 6) is 0. The third kappa shape index (κ3) is 7.90. The van der Waals surface area contributed by atoms with Crippen LogP contribution < -0.4 is 37.4 Å². The van der Waals surface area contributed by atoms with Crippen LogP contribution in [0.1, 0.15) is 16.7 Å². The topological polar surface area (TPSA) is 72.8 Å². The molecule has 6 nitrogen and oxygen atoms in total. The van der Waals surface area contributed by atoms with Gasteiger partial charge in [-0.15, -0.1) is 0 Å². The highest BCUT2D eigenvalue weighted by Gasteiger charge is 2.45. The maximum Gasteiger partial charge on any atom is 0.189 e. The summed E-state index contributed by atoms with van der Waals surface area (Å²) < 4.78 is 0. The van der Waals surface area contributed by atoms with Crippen LogP contribution in [0.5, 0.6) is 0 Å². The predicted octanol–water partition coefficient (Wildman–Crippen LogP) is 5.61. The average Bonchev–Trinajstić information content (AvgIpc) is 3.12. The van der Waals surface area contributed by atoms with E-state index >= 15 is 0 Å². The van der Waals surface area contributed by atoms with Gasteiger partial charge in [0.1, 0.15) is 40.9 Å². The molecule has 0 heterocycles. The van der Waals surface area contributed by atoms with Gasteiger partial charge in [0.2, 0.25) is 0 Å². The summed E-state index contributed by atoms with van der Waals surface area (Å²) >= 11 is 11.2. The molecule has 5 rings (SSSR count). The molecule has 9 heteroatoms. The molecule has 0 fully saturated rings. The molecule has 0 radical (unpaired) electrons. The van der Waals surface area contributed by atoms with E-state index in [1.807, 2.05) is 54.6 Å². The zero-order valence-electron chi connectivity index (χ0n) is 25.7. The lowest BCUT2D eigenvalue weighted by atomic mass is 9.99. The molecule has 0 amide bonds. The second-order valence-corrected chi connectivity index (χ2v) is 14.7. The summed E-state index contributed by atoms with van der Waals surface area (Å²) in [5, 5.41) is 20.6. The van der Waals surface area contributed by atoms with Gasteiger partial charge in [0.15, 0.2) is 10.2 Å². The van der Waals surface area contributed by atoms with Crippen molar-refractivity contribution in [2.75, 3.05) is 13.3 Å². The number of hydrazone groups is 2.